The zero-order chi connectivity index (χ0) is 27.2. The molecular formula is C29H36F3N3OS. The van der Waals surface area contributed by atoms with Gasteiger partial charge in [-0.3, -0.25) is 4.79 Å². The van der Waals surface area contributed by atoms with Crippen LogP contribution in [0.2, 0.25) is 0 Å². The van der Waals surface area contributed by atoms with Crippen LogP contribution in [0, 0.1) is 0 Å². The highest BCUT2D eigenvalue weighted by molar-refractivity contribution is 7.97. The summed E-state index contributed by atoms with van der Waals surface area (Å²) in [5, 5.41) is 0.670. The molecule has 37 heavy (non-hydrogen) atoms. The standard InChI is InChI=1S/C29H36F3N3OS/c1-18(36)24-23-16-20(27(2,3)30)17-33-26(23)35(21-10-8-7-9-11-21)25(24)19-12-14-22(15-13-19)37-34-28(4,5)29(6,31)32/h12-17,21,34H,7-11H2,1-6H3. The maximum absolute atomic E-state index is 14.9. The molecule has 1 fully saturated rings. The number of benzene rings is 1. The number of ketones is 1. The molecule has 1 aromatic carbocycles. The molecule has 0 saturated heterocycles. The molecule has 0 spiro atoms. The lowest BCUT2D eigenvalue weighted by atomic mass is 9.94. The fraction of sp³-hybridized carbons (Fsp3) is 0.517. The minimum absolute atomic E-state index is 0.0998. The van der Waals surface area contributed by atoms with Crippen LogP contribution in [0.1, 0.15) is 95.6 Å². The van der Waals surface area contributed by atoms with Crippen LogP contribution in [-0.2, 0) is 5.67 Å². The smallest absolute Gasteiger partial charge is 0.263 e. The van der Waals surface area contributed by atoms with E-state index >= 15 is 0 Å². The van der Waals surface area contributed by atoms with Crippen molar-refractivity contribution in [1.29, 1.82) is 0 Å². The van der Waals surface area contributed by atoms with Crippen LogP contribution < -0.4 is 4.72 Å². The lowest BCUT2D eigenvalue weighted by Crippen LogP contribution is -2.49. The number of aromatic nitrogens is 2. The summed E-state index contributed by atoms with van der Waals surface area (Å²) in [5.74, 6) is -2.99. The van der Waals surface area contributed by atoms with Crippen molar-refractivity contribution in [2.24, 2.45) is 0 Å². The summed E-state index contributed by atoms with van der Waals surface area (Å²) in [6.45, 7) is 8.36. The Balaban J connectivity index is 1.82. The number of pyridine rings is 1. The average Bonchev–Trinajstić information content (AvgIpc) is 3.17. The first kappa shape index (κ1) is 27.7. The summed E-state index contributed by atoms with van der Waals surface area (Å²) < 4.78 is 47.7. The van der Waals surface area contributed by atoms with E-state index in [9.17, 15) is 18.0 Å². The Morgan fingerprint density at radius 2 is 1.65 bits per heavy atom. The number of Topliss-reactive ketones (excluding diaryl/α,β-unsaturated/α-hetero) is 1. The maximum atomic E-state index is 14.9. The molecular weight excluding hydrogens is 495 g/mol. The molecule has 2 heterocycles. The molecule has 1 aliphatic carbocycles. The summed E-state index contributed by atoms with van der Waals surface area (Å²) in [4.78, 5) is 18.5. The molecule has 1 aliphatic rings. The van der Waals surface area contributed by atoms with Crippen LogP contribution in [0.15, 0.2) is 41.4 Å². The van der Waals surface area contributed by atoms with Gasteiger partial charge in [-0.15, -0.1) is 0 Å². The SMILES string of the molecule is CC(=O)c1c(-c2ccc(SNC(C)(C)C(C)(F)F)cc2)n(C2CCCCC2)c2ncc(C(C)(C)F)cc12. The Hall–Kier alpha value is -2.32. The predicted octanol–water partition coefficient (Wildman–Crippen LogP) is 8.65. The van der Waals surface area contributed by atoms with Crippen molar-refractivity contribution in [2.45, 2.75) is 102 Å². The molecule has 8 heteroatoms. The summed E-state index contributed by atoms with van der Waals surface area (Å²) in [5.41, 5.74) is 0.343. The van der Waals surface area contributed by atoms with Crippen molar-refractivity contribution in [3.05, 3.63) is 47.7 Å². The Kier molecular flexibility index (Phi) is 7.56. The van der Waals surface area contributed by atoms with Crippen molar-refractivity contribution in [3.8, 4) is 11.3 Å². The number of carbonyl (C=O) groups excluding carboxylic acids is 1. The van der Waals surface area contributed by atoms with Crippen LogP contribution >= 0.6 is 11.9 Å². The van der Waals surface area contributed by atoms with E-state index in [2.05, 4.69) is 9.29 Å². The van der Waals surface area contributed by atoms with Crippen LogP contribution in [0.25, 0.3) is 22.3 Å². The number of fused-ring (bicyclic) bond motifs is 1. The van der Waals surface area contributed by atoms with E-state index in [0.717, 1.165) is 60.7 Å². The highest BCUT2D eigenvalue weighted by Crippen LogP contribution is 2.42. The molecule has 4 nitrogen and oxygen atoms in total. The largest absolute Gasteiger partial charge is 0.322 e. The van der Waals surface area contributed by atoms with Gasteiger partial charge in [0.05, 0.1) is 16.8 Å². The Labute approximate surface area is 221 Å². The third kappa shape index (κ3) is 5.60. The number of alkyl halides is 3. The Bertz CT molecular complexity index is 1280. The first-order valence-corrected chi connectivity index (χ1v) is 13.7. The van der Waals surface area contributed by atoms with Crippen LogP contribution in [0.5, 0.6) is 0 Å². The number of nitrogens with one attached hydrogen (secondary N) is 1. The molecule has 4 rings (SSSR count). The number of halogens is 3. The molecule has 3 aromatic rings. The van der Waals surface area contributed by atoms with Gasteiger partial charge in [-0.2, -0.15) is 0 Å². The van der Waals surface area contributed by atoms with Crippen LogP contribution in [0.4, 0.5) is 13.2 Å². The van der Waals surface area contributed by atoms with Crippen LogP contribution in [-0.4, -0.2) is 26.8 Å². The van der Waals surface area contributed by atoms with E-state index in [1.54, 1.807) is 12.3 Å². The second-order valence-electron chi connectivity index (χ2n) is 11.3. The van der Waals surface area contributed by atoms with Gasteiger partial charge in [0.1, 0.15) is 11.3 Å². The number of nitrogens with zero attached hydrogens (tertiary/aromatic N) is 2. The van der Waals surface area contributed by atoms with Gasteiger partial charge < -0.3 is 4.57 Å². The van der Waals surface area contributed by atoms with Crippen molar-refractivity contribution in [2.75, 3.05) is 0 Å². The molecule has 2 aromatic heterocycles. The second-order valence-corrected chi connectivity index (χ2v) is 12.1. The van der Waals surface area contributed by atoms with Gasteiger partial charge in [0.15, 0.2) is 5.78 Å². The third-order valence-electron chi connectivity index (χ3n) is 7.47. The summed E-state index contributed by atoms with van der Waals surface area (Å²) in [6.07, 6.45) is 6.95. The number of hydrogen-bond acceptors (Lipinski definition) is 4. The van der Waals surface area contributed by atoms with E-state index in [1.807, 2.05) is 24.3 Å². The first-order valence-electron chi connectivity index (χ1n) is 12.9. The van der Waals surface area contributed by atoms with Crippen LogP contribution in [0.3, 0.4) is 0 Å². The normalized spacial score (nSPS) is 15.9. The molecule has 1 N–H and O–H groups in total. The van der Waals surface area contributed by atoms with E-state index in [-0.39, 0.29) is 11.8 Å². The van der Waals surface area contributed by atoms with E-state index in [4.69, 9.17) is 4.98 Å². The van der Waals surface area contributed by atoms with Crippen molar-refractivity contribution in [3.63, 3.8) is 0 Å². The van der Waals surface area contributed by atoms with E-state index in [1.165, 1.54) is 41.0 Å². The first-order chi connectivity index (χ1) is 17.2. The highest BCUT2D eigenvalue weighted by Gasteiger charge is 2.42. The topological polar surface area (TPSA) is 46.9 Å². The molecule has 0 radical (unpaired) electrons. The zero-order valence-electron chi connectivity index (χ0n) is 22.4. The quantitative estimate of drug-likeness (QED) is 0.233. The maximum Gasteiger partial charge on any atom is 0.263 e. The predicted molar refractivity (Wildman–Crippen MR) is 145 cm³/mol. The fourth-order valence-electron chi connectivity index (χ4n) is 4.80. The molecule has 0 atom stereocenters. The van der Waals surface area contributed by atoms with Gasteiger partial charge in [-0.1, -0.05) is 31.4 Å². The number of hydrogen-bond donors (Lipinski definition) is 1. The summed E-state index contributed by atoms with van der Waals surface area (Å²) >= 11 is 1.15. The third-order valence-corrected chi connectivity index (χ3v) is 8.59. The minimum Gasteiger partial charge on any atom is -0.322 e. The van der Waals surface area contributed by atoms with Crippen molar-refractivity contribution in [1.82, 2.24) is 14.3 Å². The monoisotopic (exact) mass is 531 g/mol. The molecule has 200 valence electrons. The van der Waals surface area contributed by atoms with Crippen molar-refractivity contribution >= 4 is 28.8 Å². The Morgan fingerprint density at radius 3 is 2.19 bits per heavy atom. The number of carbonyl (C=O) groups is 1. The molecule has 1 saturated carbocycles. The van der Waals surface area contributed by atoms with Gasteiger partial charge in [0.25, 0.3) is 5.92 Å². The van der Waals surface area contributed by atoms with Gasteiger partial charge in [-0.25, -0.2) is 22.9 Å². The van der Waals surface area contributed by atoms with Crippen molar-refractivity contribution < 1.29 is 18.0 Å². The van der Waals surface area contributed by atoms with Gasteiger partial charge in [-0.05, 0) is 83.2 Å². The van der Waals surface area contributed by atoms with Gasteiger partial charge in [0, 0.05) is 35.0 Å². The minimum atomic E-state index is -2.89. The lowest BCUT2D eigenvalue weighted by Gasteiger charge is -2.31. The molecule has 0 aliphatic heterocycles. The average molecular weight is 532 g/mol. The van der Waals surface area contributed by atoms with Gasteiger partial charge in [0.2, 0.25) is 0 Å². The Morgan fingerprint density at radius 1 is 1.03 bits per heavy atom. The van der Waals surface area contributed by atoms with Gasteiger partial charge >= 0.3 is 0 Å². The number of rotatable bonds is 8. The lowest BCUT2D eigenvalue weighted by molar-refractivity contribution is -0.0477. The van der Waals surface area contributed by atoms with E-state index in [0.29, 0.717) is 22.2 Å². The molecule has 0 bridgehead atoms. The molecule has 0 amide bonds. The zero-order valence-corrected chi connectivity index (χ0v) is 23.2. The fourth-order valence-corrected chi connectivity index (χ4v) is 5.63. The highest BCUT2D eigenvalue weighted by atomic mass is 32.2. The summed E-state index contributed by atoms with van der Waals surface area (Å²) in [7, 11) is 0. The second kappa shape index (κ2) is 10.1. The molecule has 0 unspecified atom stereocenters. The summed E-state index contributed by atoms with van der Waals surface area (Å²) in [6, 6.07) is 9.53. The van der Waals surface area contributed by atoms with E-state index < -0.39 is 17.1 Å².